The summed E-state index contributed by atoms with van der Waals surface area (Å²) in [5.74, 6) is -1.31. The maximum atomic E-state index is 14.9. The number of ether oxygens (including phenoxy) is 2. The Labute approximate surface area is 255 Å². The number of rotatable bonds is 9. The number of nitrogens with zero attached hydrogens (tertiary/aromatic N) is 6. The van der Waals surface area contributed by atoms with E-state index in [-0.39, 0.29) is 40.6 Å². The van der Waals surface area contributed by atoms with Crippen LogP contribution >= 0.6 is 0 Å². The van der Waals surface area contributed by atoms with Gasteiger partial charge in [-0.2, -0.15) is 18.0 Å². The van der Waals surface area contributed by atoms with Crippen LogP contribution in [0.3, 0.4) is 0 Å². The van der Waals surface area contributed by atoms with Crippen molar-refractivity contribution in [3.8, 4) is 17.6 Å². The number of aromatic nitrogens is 2. The van der Waals surface area contributed by atoms with E-state index in [2.05, 4.69) is 14.6 Å². The molecule has 1 fully saturated rings. The average molecular weight is 630 g/mol. The minimum atomic E-state index is -3.99. The molecule has 2 aromatic carbocycles. The number of benzene rings is 2. The van der Waals surface area contributed by atoms with Crippen LogP contribution in [0.25, 0.3) is 10.9 Å². The highest BCUT2D eigenvalue weighted by molar-refractivity contribution is 7.90. The van der Waals surface area contributed by atoms with E-state index in [1.54, 1.807) is 17.9 Å². The van der Waals surface area contributed by atoms with Crippen LogP contribution in [0.15, 0.2) is 41.5 Å². The van der Waals surface area contributed by atoms with Crippen LogP contribution in [0, 0.1) is 17.1 Å². The van der Waals surface area contributed by atoms with Crippen LogP contribution in [-0.4, -0.2) is 90.1 Å². The van der Waals surface area contributed by atoms with Gasteiger partial charge in [-0.25, -0.2) is 14.2 Å². The number of amides is 1. The van der Waals surface area contributed by atoms with Crippen molar-refractivity contribution in [1.82, 2.24) is 23.7 Å². The zero-order valence-electron chi connectivity index (χ0n) is 25.3. The van der Waals surface area contributed by atoms with Crippen molar-refractivity contribution >= 4 is 32.9 Å². The van der Waals surface area contributed by atoms with Gasteiger partial charge < -0.3 is 14.4 Å². The van der Waals surface area contributed by atoms with Crippen LogP contribution in [-0.2, 0) is 21.5 Å². The summed E-state index contributed by atoms with van der Waals surface area (Å²) in [4.78, 5) is 33.8. The SMILES string of the molecule is CCN(C)S(=O)(=O)Nc1ccc(F)c(Oc2ccc3ncn(CCN4CCN(C(=O)OC(C)(C)C)CC4)c(=O)c3c2)c1C#N. The summed E-state index contributed by atoms with van der Waals surface area (Å²) in [6.45, 7) is 10.5. The molecule has 1 aromatic heterocycles. The lowest BCUT2D eigenvalue weighted by Gasteiger charge is -2.35. The van der Waals surface area contributed by atoms with Crippen LogP contribution < -0.4 is 15.0 Å². The summed E-state index contributed by atoms with van der Waals surface area (Å²) < 4.78 is 55.8. The number of hydrogen-bond donors (Lipinski definition) is 1. The van der Waals surface area contributed by atoms with Gasteiger partial charge >= 0.3 is 16.3 Å². The number of fused-ring (bicyclic) bond motifs is 1. The quantitative estimate of drug-likeness (QED) is 0.376. The number of anilines is 1. The molecule has 4 rings (SSSR count). The van der Waals surface area contributed by atoms with E-state index >= 15 is 0 Å². The smallest absolute Gasteiger partial charge is 0.410 e. The molecule has 15 heteroatoms. The van der Waals surface area contributed by atoms with Crippen molar-refractivity contribution in [3.63, 3.8) is 0 Å². The monoisotopic (exact) mass is 629 g/mol. The molecule has 0 saturated carbocycles. The fourth-order valence-corrected chi connectivity index (χ4v) is 5.39. The molecule has 1 saturated heterocycles. The Balaban J connectivity index is 1.49. The summed E-state index contributed by atoms with van der Waals surface area (Å²) in [7, 11) is -2.63. The van der Waals surface area contributed by atoms with Crippen molar-refractivity contribution in [1.29, 1.82) is 5.26 Å². The first-order valence-corrected chi connectivity index (χ1v) is 15.5. The van der Waals surface area contributed by atoms with Crippen LogP contribution in [0.1, 0.15) is 33.3 Å². The number of halogens is 1. The first kappa shape index (κ1) is 32.6. The second-order valence-electron chi connectivity index (χ2n) is 11.3. The molecule has 13 nitrogen and oxygen atoms in total. The molecule has 0 aliphatic carbocycles. The lowest BCUT2D eigenvalue weighted by molar-refractivity contribution is 0.0142. The third-order valence-electron chi connectivity index (χ3n) is 7.01. The molecule has 0 bridgehead atoms. The van der Waals surface area contributed by atoms with E-state index < -0.39 is 27.4 Å². The summed E-state index contributed by atoms with van der Waals surface area (Å²) in [6, 6.07) is 8.36. The van der Waals surface area contributed by atoms with Crippen molar-refractivity contribution in [2.45, 2.75) is 39.8 Å². The number of hydrogen-bond acceptors (Lipinski definition) is 9. The maximum absolute atomic E-state index is 14.9. The van der Waals surface area contributed by atoms with Gasteiger partial charge in [0.05, 0.1) is 22.9 Å². The Bertz CT molecular complexity index is 1740. The number of piperazine rings is 1. The van der Waals surface area contributed by atoms with Gasteiger partial charge in [-0.3, -0.25) is 19.0 Å². The lowest BCUT2D eigenvalue weighted by atomic mass is 10.1. The summed E-state index contributed by atoms with van der Waals surface area (Å²) >= 11 is 0. The zero-order valence-corrected chi connectivity index (χ0v) is 26.1. The molecule has 236 valence electrons. The molecule has 0 spiro atoms. The average Bonchev–Trinajstić information content (AvgIpc) is 2.97. The van der Waals surface area contributed by atoms with Gasteiger partial charge in [0, 0.05) is 52.9 Å². The number of nitrogens with one attached hydrogen (secondary N) is 1. The summed E-state index contributed by atoms with van der Waals surface area (Å²) in [6.07, 6.45) is 1.11. The van der Waals surface area contributed by atoms with Gasteiger partial charge in [0.15, 0.2) is 11.6 Å². The fraction of sp³-hybridized carbons (Fsp3) is 0.448. The minimum absolute atomic E-state index is 0.0634. The highest BCUT2D eigenvalue weighted by atomic mass is 32.2. The molecule has 1 aliphatic rings. The largest absolute Gasteiger partial charge is 0.453 e. The predicted octanol–water partition coefficient (Wildman–Crippen LogP) is 3.36. The molecule has 0 radical (unpaired) electrons. The van der Waals surface area contributed by atoms with Gasteiger partial charge in [0.2, 0.25) is 0 Å². The Kier molecular flexibility index (Phi) is 9.77. The predicted molar refractivity (Wildman–Crippen MR) is 162 cm³/mol. The molecule has 0 unspecified atom stereocenters. The standard InChI is InChI=1S/C29H36FN7O6S/c1-6-34(5)44(40,41)33-25-10-8-23(30)26(22(25)18-31)42-20-7-9-24-21(17-20)27(38)37(19-32-24)16-13-35-11-14-36(15-12-35)28(39)43-29(2,3)4/h7-10,17,19,33H,6,11-16H2,1-5H3. The molecular formula is C29H36FN7O6S. The highest BCUT2D eigenvalue weighted by Gasteiger charge is 2.26. The molecule has 2 heterocycles. The van der Waals surface area contributed by atoms with Crippen LogP contribution in [0.5, 0.6) is 11.5 Å². The molecule has 0 atom stereocenters. The Hall–Kier alpha value is -4.26. The van der Waals surface area contributed by atoms with Gasteiger partial charge in [0.1, 0.15) is 23.0 Å². The molecule has 1 N–H and O–H groups in total. The fourth-order valence-electron chi connectivity index (χ4n) is 4.45. The Morgan fingerprint density at radius 1 is 1.16 bits per heavy atom. The van der Waals surface area contributed by atoms with Gasteiger partial charge in [-0.15, -0.1) is 0 Å². The molecule has 3 aromatic rings. The Morgan fingerprint density at radius 3 is 2.50 bits per heavy atom. The maximum Gasteiger partial charge on any atom is 0.410 e. The second kappa shape index (κ2) is 13.2. The van der Waals surface area contributed by atoms with E-state index in [1.165, 1.54) is 30.1 Å². The minimum Gasteiger partial charge on any atom is -0.453 e. The molecule has 44 heavy (non-hydrogen) atoms. The zero-order chi connectivity index (χ0) is 32.2. The van der Waals surface area contributed by atoms with E-state index in [1.807, 2.05) is 26.8 Å². The normalized spacial score (nSPS) is 14.5. The van der Waals surface area contributed by atoms with E-state index in [0.29, 0.717) is 44.8 Å². The second-order valence-corrected chi connectivity index (χ2v) is 13.0. The van der Waals surface area contributed by atoms with Gasteiger partial charge in [0.25, 0.3) is 5.56 Å². The van der Waals surface area contributed by atoms with Crippen LogP contribution in [0.4, 0.5) is 14.9 Å². The Morgan fingerprint density at radius 2 is 1.86 bits per heavy atom. The van der Waals surface area contributed by atoms with E-state index in [4.69, 9.17) is 9.47 Å². The van der Waals surface area contributed by atoms with Crippen molar-refractivity contribution in [2.75, 3.05) is 51.0 Å². The number of nitriles is 1. The third kappa shape index (κ3) is 7.62. The summed E-state index contributed by atoms with van der Waals surface area (Å²) in [5, 5.41) is 9.98. The number of carbonyl (C=O) groups excluding carboxylic acids is 1. The van der Waals surface area contributed by atoms with Gasteiger partial charge in [-0.1, -0.05) is 6.92 Å². The topological polar surface area (TPSA) is 150 Å². The lowest BCUT2D eigenvalue weighted by Crippen LogP contribution is -2.50. The summed E-state index contributed by atoms with van der Waals surface area (Å²) in [5.41, 5.74) is -1.01. The molecular weight excluding hydrogens is 593 g/mol. The van der Waals surface area contributed by atoms with Crippen molar-refractivity contribution in [3.05, 3.63) is 58.4 Å². The van der Waals surface area contributed by atoms with E-state index in [0.717, 1.165) is 16.4 Å². The van der Waals surface area contributed by atoms with Crippen molar-refractivity contribution < 1.29 is 27.1 Å². The van der Waals surface area contributed by atoms with Crippen LogP contribution in [0.2, 0.25) is 0 Å². The van der Waals surface area contributed by atoms with Gasteiger partial charge in [-0.05, 0) is 51.1 Å². The molecule has 1 aliphatic heterocycles. The highest BCUT2D eigenvalue weighted by Crippen LogP contribution is 2.34. The molecule has 1 amide bonds. The first-order chi connectivity index (χ1) is 20.7. The van der Waals surface area contributed by atoms with Crippen molar-refractivity contribution in [2.24, 2.45) is 0 Å². The third-order valence-corrected chi connectivity index (χ3v) is 8.57. The first-order valence-electron chi connectivity index (χ1n) is 14.1. The number of carbonyl (C=O) groups is 1. The van der Waals surface area contributed by atoms with E-state index in [9.17, 15) is 27.7 Å².